The first-order chi connectivity index (χ1) is 13.5. The summed E-state index contributed by atoms with van der Waals surface area (Å²) in [6.07, 6.45) is 4.25. The SMILES string of the molecule is CCCCc1nc2c(N)nc(C)c(SCCc3ccc(CN(C)C)cc3)c2[nH]1. The third-order valence-corrected chi connectivity index (χ3v) is 5.96. The molecule has 2 heterocycles. The fraction of sp³-hybridized carbons (Fsp3) is 0.455. The van der Waals surface area contributed by atoms with Crippen LogP contribution in [0.4, 0.5) is 5.82 Å². The van der Waals surface area contributed by atoms with Gasteiger partial charge in [0.1, 0.15) is 11.3 Å². The number of anilines is 1. The van der Waals surface area contributed by atoms with Gasteiger partial charge >= 0.3 is 0 Å². The number of imidazole rings is 1. The summed E-state index contributed by atoms with van der Waals surface area (Å²) in [6.45, 7) is 5.20. The molecule has 0 aliphatic rings. The normalized spacial score (nSPS) is 11.6. The Kier molecular flexibility index (Phi) is 6.97. The summed E-state index contributed by atoms with van der Waals surface area (Å²) in [4.78, 5) is 16.1. The number of rotatable bonds is 9. The third-order valence-electron chi connectivity index (χ3n) is 4.77. The third kappa shape index (κ3) is 5.06. The van der Waals surface area contributed by atoms with E-state index in [-0.39, 0.29) is 0 Å². The topological polar surface area (TPSA) is 70.8 Å². The van der Waals surface area contributed by atoms with Crippen LogP contribution in [0.15, 0.2) is 29.2 Å². The van der Waals surface area contributed by atoms with Crippen molar-refractivity contribution in [1.29, 1.82) is 0 Å². The van der Waals surface area contributed by atoms with E-state index in [0.717, 1.165) is 60.5 Å². The second kappa shape index (κ2) is 9.43. The lowest BCUT2D eigenvalue weighted by Crippen LogP contribution is -2.10. The van der Waals surface area contributed by atoms with Gasteiger partial charge in [0.15, 0.2) is 5.82 Å². The Balaban J connectivity index is 1.70. The maximum absolute atomic E-state index is 6.13. The van der Waals surface area contributed by atoms with Gasteiger partial charge in [0, 0.05) is 18.7 Å². The maximum Gasteiger partial charge on any atom is 0.151 e. The minimum absolute atomic E-state index is 0.521. The number of aryl methyl sites for hydroxylation is 3. The molecule has 0 aliphatic carbocycles. The Bertz CT molecular complexity index is 915. The standard InChI is InChI=1S/C22H31N5S/c1-5-6-7-18-25-19-20(26-18)22(23)24-15(2)21(19)28-13-12-16-8-10-17(11-9-16)14-27(3)4/h8-11H,5-7,12-14H2,1-4H3,(H2,23,24)(H,25,26). The lowest BCUT2D eigenvalue weighted by Gasteiger charge is -2.10. The van der Waals surface area contributed by atoms with E-state index in [1.54, 1.807) is 0 Å². The zero-order valence-electron chi connectivity index (χ0n) is 17.4. The molecule has 6 heteroatoms. The predicted molar refractivity (Wildman–Crippen MR) is 120 cm³/mol. The zero-order chi connectivity index (χ0) is 20.1. The lowest BCUT2D eigenvalue weighted by atomic mass is 10.1. The van der Waals surface area contributed by atoms with Gasteiger partial charge in [-0.15, -0.1) is 11.8 Å². The fourth-order valence-corrected chi connectivity index (χ4v) is 4.41. The van der Waals surface area contributed by atoms with Gasteiger partial charge in [-0.1, -0.05) is 37.6 Å². The van der Waals surface area contributed by atoms with Crippen LogP contribution in [-0.4, -0.2) is 39.7 Å². The lowest BCUT2D eigenvalue weighted by molar-refractivity contribution is 0.402. The molecule has 3 rings (SSSR count). The monoisotopic (exact) mass is 397 g/mol. The number of unbranched alkanes of at least 4 members (excludes halogenated alkanes) is 1. The molecule has 1 aromatic carbocycles. The van der Waals surface area contributed by atoms with Crippen molar-refractivity contribution in [1.82, 2.24) is 19.9 Å². The molecule has 0 amide bonds. The van der Waals surface area contributed by atoms with Gasteiger partial charge in [0.2, 0.25) is 0 Å². The summed E-state index contributed by atoms with van der Waals surface area (Å²) in [5.41, 5.74) is 11.7. The Labute approximate surface area is 172 Å². The molecule has 0 fully saturated rings. The summed E-state index contributed by atoms with van der Waals surface area (Å²) < 4.78 is 0. The van der Waals surface area contributed by atoms with Crippen molar-refractivity contribution in [2.45, 2.75) is 51.0 Å². The molecule has 0 spiro atoms. The van der Waals surface area contributed by atoms with Crippen LogP contribution in [0.2, 0.25) is 0 Å². The minimum Gasteiger partial charge on any atom is -0.382 e. The van der Waals surface area contributed by atoms with Crippen LogP contribution < -0.4 is 5.73 Å². The number of aromatic amines is 1. The van der Waals surface area contributed by atoms with Crippen molar-refractivity contribution in [2.24, 2.45) is 0 Å². The molecule has 5 nitrogen and oxygen atoms in total. The highest BCUT2D eigenvalue weighted by Gasteiger charge is 2.15. The summed E-state index contributed by atoms with van der Waals surface area (Å²) in [7, 11) is 4.19. The van der Waals surface area contributed by atoms with Crippen LogP contribution in [0, 0.1) is 6.92 Å². The molecule has 0 saturated carbocycles. The van der Waals surface area contributed by atoms with Gasteiger partial charge in [0.25, 0.3) is 0 Å². The summed E-state index contributed by atoms with van der Waals surface area (Å²) in [5, 5.41) is 0. The van der Waals surface area contributed by atoms with E-state index >= 15 is 0 Å². The summed E-state index contributed by atoms with van der Waals surface area (Å²) in [6, 6.07) is 8.93. The highest BCUT2D eigenvalue weighted by Crippen LogP contribution is 2.32. The van der Waals surface area contributed by atoms with Crippen molar-refractivity contribution >= 4 is 28.6 Å². The number of aromatic nitrogens is 3. The van der Waals surface area contributed by atoms with Crippen molar-refractivity contribution < 1.29 is 0 Å². The Morgan fingerprint density at radius 1 is 1.07 bits per heavy atom. The van der Waals surface area contributed by atoms with Crippen LogP contribution in [0.3, 0.4) is 0 Å². The van der Waals surface area contributed by atoms with Crippen molar-refractivity contribution in [3.05, 3.63) is 46.9 Å². The van der Waals surface area contributed by atoms with E-state index in [2.05, 4.69) is 60.2 Å². The molecule has 0 saturated heterocycles. The second-order valence-electron chi connectivity index (χ2n) is 7.57. The smallest absolute Gasteiger partial charge is 0.151 e. The Hall–Kier alpha value is -2.05. The maximum atomic E-state index is 6.13. The summed E-state index contributed by atoms with van der Waals surface area (Å²) >= 11 is 1.83. The van der Waals surface area contributed by atoms with E-state index in [0.29, 0.717) is 5.82 Å². The number of nitrogens with zero attached hydrogens (tertiary/aromatic N) is 3. The fourth-order valence-electron chi connectivity index (χ4n) is 3.32. The molecule has 0 radical (unpaired) electrons. The quantitative estimate of drug-likeness (QED) is 0.517. The van der Waals surface area contributed by atoms with Gasteiger partial charge in [-0.05, 0) is 45.0 Å². The molecule has 0 aliphatic heterocycles. The van der Waals surface area contributed by atoms with Crippen molar-refractivity contribution in [3.8, 4) is 0 Å². The Morgan fingerprint density at radius 3 is 2.46 bits per heavy atom. The van der Waals surface area contributed by atoms with E-state index in [1.165, 1.54) is 16.0 Å². The highest BCUT2D eigenvalue weighted by molar-refractivity contribution is 7.99. The number of benzene rings is 1. The number of thioether (sulfide) groups is 1. The van der Waals surface area contributed by atoms with Gasteiger partial charge < -0.3 is 15.6 Å². The molecule has 2 aromatic heterocycles. The largest absolute Gasteiger partial charge is 0.382 e. The Morgan fingerprint density at radius 2 is 1.79 bits per heavy atom. The molecule has 0 bridgehead atoms. The van der Waals surface area contributed by atoms with Crippen LogP contribution >= 0.6 is 11.8 Å². The van der Waals surface area contributed by atoms with Crippen molar-refractivity contribution in [2.75, 3.05) is 25.6 Å². The number of H-pyrrole nitrogens is 1. The van der Waals surface area contributed by atoms with Crippen LogP contribution in [-0.2, 0) is 19.4 Å². The van der Waals surface area contributed by atoms with E-state index in [9.17, 15) is 0 Å². The van der Waals surface area contributed by atoms with E-state index in [4.69, 9.17) is 10.7 Å². The van der Waals surface area contributed by atoms with Gasteiger partial charge in [-0.25, -0.2) is 9.97 Å². The molecule has 150 valence electrons. The number of hydrogen-bond acceptors (Lipinski definition) is 5. The number of pyridine rings is 1. The van der Waals surface area contributed by atoms with Crippen LogP contribution in [0.1, 0.15) is 42.4 Å². The summed E-state index contributed by atoms with van der Waals surface area (Å²) in [5.74, 6) is 2.53. The number of hydrogen-bond donors (Lipinski definition) is 2. The highest BCUT2D eigenvalue weighted by atomic mass is 32.2. The van der Waals surface area contributed by atoms with Crippen molar-refractivity contribution in [3.63, 3.8) is 0 Å². The molecular weight excluding hydrogens is 366 g/mol. The first kappa shape index (κ1) is 20.7. The molecule has 0 unspecified atom stereocenters. The zero-order valence-corrected chi connectivity index (χ0v) is 18.2. The molecule has 3 N–H and O–H groups in total. The second-order valence-corrected chi connectivity index (χ2v) is 8.68. The average Bonchev–Trinajstić information content (AvgIpc) is 3.08. The van der Waals surface area contributed by atoms with Gasteiger partial charge in [-0.3, -0.25) is 0 Å². The van der Waals surface area contributed by atoms with E-state index in [1.807, 2.05) is 18.7 Å². The molecular formula is C22H31N5S. The number of nitrogens with one attached hydrogen (secondary N) is 1. The van der Waals surface area contributed by atoms with Crippen LogP contribution in [0.25, 0.3) is 11.0 Å². The molecule has 0 atom stereocenters. The number of nitrogen functional groups attached to an aromatic ring is 1. The predicted octanol–water partition coefficient (Wildman–Crippen LogP) is 4.59. The van der Waals surface area contributed by atoms with Crippen LogP contribution in [0.5, 0.6) is 0 Å². The molecule has 28 heavy (non-hydrogen) atoms. The molecule has 3 aromatic rings. The number of fused-ring (bicyclic) bond motifs is 1. The number of nitrogens with two attached hydrogens (primary N) is 1. The first-order valence-electron chi connectivity index (χ1n) is 9.98. The van der Waals surface area contributed by atoms with Gasteiger partial charge in [-0.2, -0.15) is 0 Å². The minimum atomic E-state index is 0.521. The van der Waals surface area contributed by atoms with E-state index < -0.39 is 0 Å². The first-order valence-corrected chi connectivity index (χ1v) is 11.0. The average molecular weight is 398 g/mol. The van der Waals surface area contributed by atoms with Gasteiger partial charge in [0.05, 0.1) is 16.1 Å².